The third-order valence-electron chi connectivity index (χ3n) is 5.33. The standard InChI is InChI=1S/C24H26N4O3S2/c1-15-10-16(2)12-18(11-15)28-14-17(13-21(28)29)23-26-27-24(33-23)25-22(30)19-6-4-5-7-20(19)32-9-8-31-3/h4-7,10-12,17H,8-9,13-14H2,1-3H3,(H,25,27,30). The van der Waals surface area contributed by atoms with E-state index in [1.807, 2.05) is 49.1 Å². The van der Waals surface area contributed by atoms with E-state index in [1.165, 1.54) is 11.3 Å². The minimum atomic E-state index is -0.224. The summed E-state index contributed by atoms with van der Waals surface area (Å²) in [5, 5.41) is 12.5. The van der Waals surface area contributed by atoms with Gasteiger partial charge in [-0.3, -0.25) is 14.9 Å². The van der Waals surface area contributed by atoms with Crippen LogP contribution in [0.5, 0.6) is 0 Å². The molecule has 2 heterocycles. The minimum absolute atomic E-state index is 0.0432. The number of ether oxygens (including phenoxy) is 1. The molecule has 2 amide bonds. The number of aromatic nitrogens is 2. The number of carbonyl (C=O) groups excluding carboxylic acids is 2. The van der Waals surface area contributed by atoms with E-state index in [1.54, 1.807) is 24.9 Å². The molecule has 1 atom stereocenters. The van der Waals surface area contributed by atoms with Gasteiger partial charge in [0, 0.05) is 42.3 Å². The average molecular weight is 483 g/mol. The molecule has 172 valence electrons. The first kappa shape index (κ1) is 23.4. The molecule has 1 aliphatic rings. The van der Waals surface area contributed by atoms with Gasteiger partial charge in [-0.1, -0.05) is 29.5 Å². The number of thioether (sulfide) groups is 1. The molecule has 1 fully saturated rings. The van der Waals surface area contributed by atoms with E-state index < -0.39 is 0 Å². The highest BCUT2D eigenvalue weighted by Gasteiger charge is 2.34. The Kier molecular flexibility index (Phi) is 7.42. The van der Waals surface area contributed by atoms with Gasteiger partial charge in [0.05, 0.1) is 12.2 Å². The van der Waals surface area contributed by atoms with Crippen LogP contribution in [0.2, 0.25) is 0 Å². The van der Waals surface area contributed by atoms with Gasteiger partial charge in [-0.25, -0.2) is 0 Å². The summed E-state index contributed by atoms with van der Waals surface area (Å²) in [6.45, 7) is 5.23. The van der Waals surface area contributed by atoms with Crippen molar-refractivity contribution in [2.24, 2.45) is 0 Å². The number of nitrogens with zero attached hydrogens (tertiary/aromatic N) is 3. The number of rotatable bonds is 8. The van der Waals surface area contributed by atoms with E-state index in [-0.39, 0.29) is 17.7 Å². The molecular weight excluding hydrogens is 456 g/mol. The van der Waals surface area contributed by atoms with E-state index in [9.17, 15) is 9.59 Å². The van der Waals surface area contributed by atoms with Crippen LogP contribution >= 0.6 is 23.1 Å². The molecule has 7 nitrogen and oxygen atoms in total. The second kappa shape index (κ2) is 10.5. The maximum Gasteiger partial charge on any atom is 0.258 e. The van der Waals surface area contributed by atoms with Crippen molar-refractivity contribution in [2.75, 3.05) is 36.2 Å². The lowest BCUT2D eigenvalue weighted by atomic mass is 10.1. The lowest BCUT2D eigenvalue weighted by Gasteiger charge is -2.17. The fraction of sp³-hybridized carbons (Fsp3) is 0.333. The van der Waals surface area contributed by atoms with Gasteiger partial charge in [0.15, 0.2) is 0 Å². The molecule has 0 bridgehead atoms. The van der Waals surface area contributed by atoms with Crippen molar-refractivity contribution in [1.82, 2.24) is 10.2 Å². The van der Waals surface area contributed by atoms with Crippen molar-refractivity contribution in [3.05, 3.63) is 64.2 Å². The van der Waals surface area contributed by atoms with Crippen LogP contribution in [-0.4, -0.2) is 48.0 Å². The summed E-state index contributed by atoms with van der Waals surface area (Å²) in [5.41, 5.74) is 3.76. The van der Waals surface area contributed by atoms with Gasteiger partial charge in [0.2, 0.25) is 11.0 Å². The molecule has 0 radical (unpaired) electrons. The summed E-state index contributed by atoms with van der Waals surface area (Å²) in [4.78, 5) is 28.3. The van der Waals surface area contributed by atoms with Crippen LogP contribution in [-0.2, 0) is 9.53 Å². The smallest absolute Gasteiger partial charge is 0.258 e. The second-order valence-electron chi connectivity index (χ2n) is 7.99. The summed E-state index contributed by atoms with van der Waals surface area (Å²) in [6.07, 6.45) is 0.383. The van der Waals surface area contributed by atoms with Crippen LogP contribution in [0, 0.1) is 13.8 Å². The minimum Gasteiger partial charge on any atom is -0.384 e. The zero-order chi connectivity index (χ0) is 23.4. The van der Waals surface area contributed by atoms with Crippen molar-refractivity contribution >= 4 is 45.7 Å². The van der Waals surface area contributed by atoms with Crippen LogP contribution in [0.15, 0.2) is 47.4 Å². The van der Waals surface area contributed by atoms with Gasteiger partial charge >= 0.3 is 0 Å². The van der Waals surface area contributed by atoms with E-state index in [4.69, 9.17) is 4.74 Å². The number of anilines is 2. The predicted molar refractivity (Wildman–Crippen MR) is 133 cm³/mol. The molecule has 0 spiro atoms. The number of aryl methyl sites for hydroxylation is 2. The number of benzene rings is 2. The molecule has 2 aromatic carbocycles. The average Bonchev–Trinajstić information content (AvgIpc) is 3.40. The molecule has 4 rings (SSSR count). The zero-order valence-electron chi connectivity index (χ0n) is 18.8. The summed E-state index contributed by atoms with van der Waals surface area (Å²) >= 11 is 2.90. The van der Waals surface area contributed by atoms with Crippen LogP contribution in [0.25, 0.3) is 0 Å². The SMILES string of the molecule is COCCSc1ccccc1C(=O)Nc1nnc(C2CC(=O)N(c3cc(C)cc(C)c3)C2)s1. The maximum absolute atomic E-state index is 12.9. The first-order valence-electron chi connectivity index (χ1n) is 10.7. The van der Waals surface area contributed by atoms with Crippen LogP contribution in [0.1, 0.15) is 38.8 Å². The van der Waals surface area contributed by atoms with Crippen molar-refractivity contribution in [3.8, 4) is 0 Å². The zero-order valence-corrected chi connectivity index (χ0v) is 20.5. The molecule has 33 heavy (non-hydrogen) atoms. The molecule has 3 aromatic rings. The number of carbonyl (C=O) groups is 2. The number of amides is 2. The third-order valence-corrected chi connectivity index (χ3v) is 7.37. The molecule has 0 aliphatic carbocycles. The number of hydrogen-bond acceptors (Lipinski definition) is 7. The van der Waals surface area contributed by atoms with Gasteiger partial charge in [0.25, 0.3) is 5.91 Å². The summed E-state index contributed by atoms with van der Waals surface area (Å²) in [6, 6.07) is 13.6. The Morgan fingerprint density at radius 1 is 1.21 bits per heavy atom. The number of hydrogen-bond donors (Lipinski definition) is 1. The Balaban J connectivity index is 1.44. The molecule has 1 N–H and O–H groups in total. The number of methoxy groups -OCH3 is 1. The topological polar surface area (TPSA) is 84.4 Å². The molecule has 1 saturated heterocycles. The third kappa shape index (κ3) is 5.61. The predicted octanol–water partition coefficient (Wildman–Crippen LogP) is 4.67. The van der Waals surface area contributed by atoms with Crippen LogP contribution < -0.4 is 10.2 Å². The van der Waals surface area contributed by atoms with Crippen molar-refractivity contribution in [3.63, 3.8) is 0 Å². The number of nitrogens with one attached hydrogen (secondary N) is 1. The highest BCUT2D eigenvalue weighted by Crippen LogP contribution is 2.35. The van der Waals surface area contributed by atoms with E-state index >= 15 is 0 Å². The Labute approximate surface area is 201 Å². The second-order valence-corrected chi connectivity index (χ2v) is 10.1. The summed E-state index contributed by atoms with van der Waals surface area (Å²) in [7, 11) is 1.66. The molecule has 9 heteroatoms. The maximum atomic E-state index is 12.9. The Bertz CT molecular complexity index is 1140. The van der Waals surface area contributed by atoms with Crippen molar-refractivity contribution in [1.29, 1.82) is 0 Å². The van der Waals surface area contributed by atoms with E-state index in [0.717, 1.165) is 32.5 Å². The highest BCUT2D eigenvalue weighted by atomic mass is 32.2. The summed E-state index contributed by atoms with van der Waals surface area (Å²) in [5.74, 6) is 0.569. The van der Waals surface area contributed by atoms with Gasteiger partial charge in [-0.05, 0) is 49.2 Å². The van der Waals surface area contributed by atoms with Gasteiger partial charge < -0.3 is 9.64 Å². The Hall–Kier alpha value is -2.75. The first-order valence-corrected chi connectivity index (χ1v) is 12.5. The molecular formula is C24H26N4O3S2. The normalized spacial score (nSPS) is 15.8. The fourth-order valence-corrected chi connectivity index (χ4v) is 5.65. The van der Waals surface area contributed by atoms with Crippen molar-refractivity contribution in [2.45, 2.75) is 31.1 Å². The van der Waals surface area contributed by atoms with Crippen molar-refractivity contribution < 1.29 is 14.3 Å². The largest absolute Gasteiger partial charge is 0.384 e. The van der Waals surface area contributed by atoms with Gasteiger partial charge in [-0.15, -0.1) is 22.0 Å². The molecule has 1 unspecified atom stereocenters. The Morgan fingerprint density at radius 2 is 1.97 bits per heavy atom. The highest BCUT2D eigenvalue weighted by molar-refractivity contribution is 7.99. The molecule has 0 saturated carbocycles. The van der Waals surface area contributed by atoms with Gasteiger partial charge in [-0.2, -0.15) is 0 Å². The monoisotopic (exact) mass is 482 g/mol. The summed E-state index contributed by atoms with van der Waals surface area (Å²) < 4.78 is 5.10. The lowest BCUT2D eigenvalue weighted by Crippen LogP contribution is -2.24. The lowest BCUT2D eigenvalue weighted by molar-refractivity contribution is -0.117. The fourth-order valence-electron chi connectivity index (χ4n) is 3.86. The van der Waals surface area contributed by atoms with E-state index in [2.05, 4.69) is 21.6 Å². The van der Waals surface area contributed by atoms with Gasteiger partial charge in [0.1, 0.15) is 5.01 Å². The van der Waals surface area contributed by atoms with E-state index in [0.29, 0.717) is 30.3 Å². The molecule has 1 aliphatic heterocycles. The van der Waals surface area contributed by atoms with Crippen LogP contribution in [0.3, 0.4) is 0 Å². The Morgan fingerprint density at radius 3 is 2.73 bits per heavy atom. The first-order chi connectivity index (χ1) is 15.9. The van der Waals surface area contributed by atoms with Crippen LogP contribution in [0.4, 0.5) is 10.8 Å². The quantitative estimate of drug-likeness (QED) is 0.371. The molecule has 1 aromatic heterocycles.